The van der Waals surface area contributed by atoms with Gasteiger partial charge >= 0.3 is 12.0 Å². The Labute approximate surface area is 151 Å². The molecule has 3 atom stereocenters. The Bertz CT molecular complexity index is 704. The number of esters is 1. The van der Waals surface area contributed by atoms with Crippen molar-refractivity contribution in [3.8, 4) is 17.8 Å². The number of aromatic nitrogens is 2. The molecule has 26 heavy (non-hydrogen) atoms. The van der Waals surface area contributed by atoms with Gasteiger partial charge in [0.25, 0.3) is 0 Å². The molecule has 1 heterocycles. The van der Waals surface area contributed by atoms with Crippen molar-refractivity contribution in [3.63, 3.8) is 0 Å². The molecule has 0 aromatic carbocycles. The summed E-state index contributed by atoms with van der Waals surface area (Å²) < 4.78 is 20.8. The lowest BCUT2D eigenvalue weighted by Gasteiger charge is -2.23. The van der Waals surface area contributed by atoms with Gasteiger partial charge in [-0.3, -0.25) is 9.59 Å². The van der Waals surface area contributed by atoms with Crippen molar-refractivity contribution in [1.82, 2.24) is 15.3 Å². The Morgan fingerprint density at radius 1 is 1.23 bits per heavy atom. The molecular weight excluding hydrogens is 342 g/mol. The lowest BCUT2D eigenvalue weighted by molar-refractivity contribution is -0.142. The fourth-order valence-corrected chi connectivity index (χ4v) is 3.90. The number of amides is 1. The van der Waals surface area contributed by atoms with Gasteiger partial charge in [-0.1, -0.05) is 6.92 Å². The fourth-order valence-electron chi connectivity index (χ4n) is 3.90. The molecule has 2 aliphatic carbocycles. The molecule has 9 nitrogen and oxygen atoms in total. The van der Waals surface area contributed by atoms with E-state index in [0.29, 0.717) is 24.6 Å². The van der Waals surface area contributed by atoms with Crippen molar-refractivity contribution >= 4 is 11.9 Å². The number of hydrogen-bond acceptors (Lipinski definition) is 8. The van der Waals surface area contributed by atoms with E-state index >= 15 is 0 Å². The zero-order valence-electron chi connectivity index (χ0n) is 15.3. The van der Waals surface area contributed by atoms with Crippen LogP contribution in [0.15, 0.2) is 6.07 Å². The van der Waals surface area contributed by atoms with E-state index in [1.165, 1.54) is 21.3 Å². The van der Waals surface area contributed by atoms with Crippen LogP contribution in [0.25, 0.3) is 0 Å². The number of ether oxygens (including phenoxy) is 4. The minimum atomic E-state index is -0.694. The van der Waals surface area contributed by atoms with E-state index in [2.05, 4.69) is 26.9 Å². The molecule has 2 fully saturated rings. The van der Waals surface area contributed by atoms with Crippen LogP contribution in [-0.4, -0.2) is 55.8 Å². The first-order chi connectivity index (χ1) is 12.4. The highest BCUT2D eigenvalue weighted by atomic mass is 16.5. The zero-order chi connectivity index (χ0) is 18.9. The Balaban J connectivity index is 1.78. The van der Waals surface area contributed by atoms with Crippen molar-refractivity contribution in [2.75, 3.05) is 27.9 Å². The third-order valence-corrected chi connectivity index (χ3v) is 5.48. The predicted octanol–water partition coefficient (Wildman–Crippen LogP) is 0.721. The van der Waals surface area contributed by atoms with Gasteiger partial charge in [-0.2, -0.15) is 9.97 Å². The van der Waals surface area contributed by atoms with Crippen molar-refractivity contribution in [2.45, 2.75) is 32.3 Å². The molecule has 0 radical (unpaired) electrons. The van der Waals surface area contributed by atoms with Gasteiger partial charge in [0.1, 0.15) is 12.6 Å². The summed E-state index contributed by atoms with van der Waals surface area (Å²) in [5.41, 5.74) is -0.846. The fraction of sp³-hybridized carbons (Fsp3) is 0.647. The molecule has 3 rings (SSSR count). The second kappa shape index (κ2) is 6.62. The van der Waals surface area contributed by atoms with Crippen LogP contribution in [0.1, 0.15) is 26.2 Å². The number of rotatable bonds is 7. The maximum absolute atomic E-state index is 12.8. The van der Waals surface area contributed by atoms with E-state index in [-0.39, 0.29) is 30.0 Å². The molecular formula is C17H23N3O6. The summed E-state index contributed by atoms with van der Waals surface area (Å²) in [6, 6.07) is 1.64. The van der Waals surface area contributed by atoms with Crippen LogP contribution in [0.3, 0.4) is 0 Å². The normalized spacial score (nSPS) is 28.7. The number of carbonyl (C=O) groups excluding carboxylic acids is 2. The molecule has 0 spiro atoms. The summed E-state index contributed by atoms with van der Waals surface area (Å²) in [7, 11) is 4.25. The van der Waals surface area contributed by atoms with Crippen LogP contribution >= 0.6 is 0 Å². The van der Waals surface area contributed by atoms with Gasteiger partial charge in [0.05, 0.1) is 32.8 Å². The van der Waals surface area contributed by atoms with Gasteiger partial charge in [0.15, 0.2) is 0 Å². The zero-order valence-corrected chi connectivity index (χ0v) is 15.3. The predicted molar refractivity (Wildman–Crippen MR) is 89.0 cm³/mol. The summed E-state index contributed by atoms with van der Waals surface area (Å²) in [6.07, 6.45) is 1.86. The van der Waals surface area contributed by atoms with E-state index in [9.17, 15) is 9.59 Å². The second-order valence-corrected chi connectivity index (χ2v) is 6.85. The first-order valence-corrected chi connectivity index (χ1v) is 8.37. The average molecular weight is 365 g/mol. The number of fused-ring (bicyclic) bond motifs is 1. The average Bonchev–Trinajstić information content (AvgIpc) is 3.20. The van der Waals surface area contributed by atoms with Gasteiger partial charge in [-0.15, -0.1) is 0 Å². The summed E-state index contributed by atoms with van der Waals surface area (Å²) in [5, 5.41) is 2.66. The lowest BCUT2D eigenvalue weighted by atomic mass is 9.95. The molecule has 2 saturated carbocycles. The maximum atomic E-state index is 12.8. The van der Waals surface area contributed by atoms with E-state index in [1.807, 2.05) is 0 Å². The quantitative estimate of drug-likeness (QED) is 0.704. The van der Waals surface area contributed by atoms with Gasteiger partial charge in [0, 0.05) is 0 Å². The van der Waals surface area contributed by atoms with Gasteiger partial charge in [-0.25, -0.2) is 0 Å². The van der Waals surface area contributed by atoms with E-state index < -0.39 is 11.4 Å². The Morgan fingerprint density at radius 2 is 1.88 bits per heavy atom. The largest absolute Gasteiger partial charge is 0.481 e. The van der Waals surface area contributed by atoms with Crippen LogP contribution < -0.4 is 19.5 Å². The Hall–Kier alpha value is -2.58. The standard InChI is InChI=1S/C17H23N3O6/c1-16-6-5-10(17(16,9-16)14(22)18-8-13(21)25-4)26-15-19-11(23-2)7-12(20-15)24-3/h7,10H,5-6,8-9H2,1-4H3,(H,18,22). The molecule has 1 aromatic rings. The van der Waals surface area contributed by atoms with Crippen LogP contribution in [0.2, 0.25) is 0 Å². The van der Waals surface area contributed by atoms with Crippen molar-refractivity contribution in [3.05, 3.63) is 6.07 Å². The highest BCUT2D eigenvalue weighted by Crippen LogP contribution is 2.73. The molecule has 1 aromatic heterocycles. The first-order valence-electron chi connectivity index (χ1n) is 8.37. The summed E-state index contributed by atoms with van der Waals surface area (Å²) >= 11 is 0. The molecule has 142 valence electrons. The number of carbonyl (C=O) groups is 2. The summed E-state index contributed by atoms with van der Waals surface area (Å²) in [4.78, 5) is 32.5. The number of nitrogens with one attached hydrogen (secondary N) is 1. The Kier molecular flexibility index (Phi) is 4.64. The first kappa shape index (κ1) is 18.2. The van der Waals surface area contributed by atoms with E-state index in [0.717, 1.165) is 6.42 Å². The van der Waals surface area contributed by atoms with Crippen LogP contribution in [0.4, 0.5) is 0 Å². The van der Waals surface area contributed by atoms with Crippen molar-refractivity contribution in [2.24, 2.45) is 10.8 Å². The molecule has 1 N–H and O–H groups in total. The van der Waals surface area contributed by atoms with Gasteiger partial charge in [-0.05, 0) is 24.7 Å². The molecule has 3 unspecified atom stereocenters. The third-order valence-electron chi connectivity index (χ3n) is 5.48. The Morgan fingerprint density at radius 3 is 2.42 bits per heavy atom. The monoisotopic (exact) mass is 365 g/mol. The molecule has 2 aliphatic rings. The summed E-state index contributed by atoms with van der Waals surface area (Å²) in [5.74, 6) is -0.0728. The topological polar surface area (TPSA) is 109 Å². The molecule has 0 saturated heterocycles. The van der Waals surface area contributed by atoms with Crippen molar-refractivity contribution < 1.29 is 28.5 Å². The number of nitrogens with zero attached hydrogens (tertiary/aromatic N) is 2. The minimum Gasteiger partial charge on any atom is -0.481 e. The molecule has 1 amide bonds. The number of methoxy groups -OCH3 is 3. The van der Waals surface area contributed by atoms with E-state index in [1.54, 1.807) is 6.07 Å². The van der Waals surface area contributed by atoms with Crippen LogP contribution in [0, 0.1) is 10.8 Å². The smallest absolute Gasteiger partial charge is 0.325 e. The van der Waals surface area contributed by atoms with Gasteiger partial charge < -0.3 is 24.3 Å². The third kappa shape index (κ3) is 2.91. The highest BCUT2D eigenvalue weighted by Gasteiger charge is 2.76. The van der Waals surface area contributed by atoms with Crippen LogP contribution in [0.5, 0.6) is 17.8 Å². The number of hydrogen-bond donors (Lipinski definition) is 1. The molecule has 9 heteroatoms. The lowest BCUT2D eigenvalue weighted by Crippen LogP contribution is -2.44. The van der Waals surface area contributed by atoms with E-state index in [4.69, 9.17) is 14.2 Å². The van der Waals surface area contributed by atoms with Crippen LogP contribution in [-0.2, 0) is 14.3 Å². The van der Waals surface area contributed by atoms with Gasteiger partial charge in [0.2, 0.25) is 17.7 Å². The highest BCUT2D eigenvalue weighted by molar-refractivity contribution is 5.90. The molecule has 0 bridgehead atoms. The van der Waals surface area contributed by atoms with Crippen molar-refractivity contribution in [1.29, 1.82) is 0 Å². The minimum absolute atomic E-state index is 0.0995. The maximum Gasteiger partial charge on any atom is 0.325 e. The second-order valence-electron chi connectivity index (χ2n) is 6.85. The SMILES string of the molecule is COC(=O)CNC(=O)C12CC1(C)CCC2Oc1nc(OC)cc(OC)n1. The molecule has 0 aliphatic heterocycles. The summed E-state index contributed by atoms with van der Waals surface area (Å²) in [6.45, 7) is 1.89.